The van der Waals surface area contributed by atoms with Gasteiger partial charge in [0.25, 0.3) is 0 Å². The number of fused-ring (bicyclic) bond motifs is 1. The van der Waals surface area contributed by atoms with Crippen LogP contribution in [-0.4, -0.2) is 71.2 Å². The largest absolute Gasteiger partial charge is 0.480 e. The zero-order valence-electron chi connectivity index (χ0n) is 10.8. The SMILES string of the molecule is CCC(NC(=O)N1CCN2C(=O)NCC2C1)C(=O)O. The first-order valence-electron chi connectivity index (χ1n) is 6.35. The van der Waals surface area contributed by atoms with Crippen LogP contribution in [0.2, 0.25) is 0 Å². The van der Waals surface area contributed by atoms with E-state index in [1.54, 1.807) is 16.7 Å². The molecule has 0 spiro atoms. The van der Waals surface area contributed by atoms with Crippen molar-refractivity contribution in [2.45, 2.75) is 25.4 Å². The Morgan fingerprint density at radius 2 is 2.26 bits per heavy atom. The summed E-state index contributed by atoms with van der Waals surface area (Å²) in [5, 5.41) is 14.1. The summed E-state index contributed by atoms with van der Waals surface area (Å²) >= 11 is 0. The molecule has 3 N–H and O–H groups in total. The molecule has 0 aromatic rings. The standard InChI is InChI=1S/C11H18N4O4/c1-2-8(9(16)17)13-11(19)14-3-4-15-7(6-14)5-12-10(15)18/h7-8H,2-6H2,1H3,(H,12,18)(H,13,19)(H,16,17). The van der Waals surface area contributed by atoms with Gasteiger partial charge in [-0.3, -0.25) is 0 Å². The Morgan fingerprint density at radius 3 is 2.89 bits per heavy atom. The molecule has 0 aliphatic carbocycles. The van der Waals surface area contributed by atoms with Gasteiger partial charge in [0.1, 0.15) is 6.04 Å². The van der Waals surface area contributed by atoms with E-state index in [9.17, 15) is 14.4 Å². The fourth-order valence-corrected chi connectivity index (χ4v) is 2.37. The fraction of sp³-hybridized carbons (Fsp3) is 0.727. The quantitative estimate of drug-likeness (QED) is 0.629. The van der Waals surface area contributed by atoms with Crippen molar-refractivity contribution in [3.8, 4) is 0 Å². The maximum atomic E-state index is 12.0. The number of hydrogen-bond donors (Lipinski definition) is 3. The van der Waals surface area contributed by atoms with Crippen LogP contribution in [0.25, 0.3) is 0 Å². The van der Waals surface area contributed by atoms with Gasteiger partial charge >= 0.3 is 18.0 Å². The number of carbonyl (C=O) groups is 3. The van der Waals surface area contributed by atoms with Gasteiger partial charge in [-0.1, -0.05) is 6.92 Å². The van der Waals surface area contributed by atoms with Crippen molar-refractivity contribution in [1.82, 2.24) is 20.4 Å². The number of piperazine rings is 1. The van der Waals surface area contributed by atoms with E-state index in [0.717, 1.165) is 0 Å². The number of nitrogens with one attached hydrogen (secondary N) is 2. The zero-order chi connectivity index (χ0) is 14.0. The van der Waals surface area contributed by atoms with Crippen LogP contribution in [0.1, 0.15) is 13.3 Å². The molecule has 4 amide bonds. The molecule has 0 aromatic heterocycles. The summed E-state index contributed by atoms with van der Waals surface area (Å²) in [5.41, 5.74) is 0. The smallest absolute Gasteiger partial charge is 0.326 e. The van der Waals surface area contributed by atoms with Crippen LogP contribution < -0.4 is 10.6 Å². The van der Waals surface area contributed by atoms with Gasteiger partial charge in [-0.2, -0.15) is 0 Å². The van der Waals surface area contributed by atoms with Gasteiger partial charge in [-0.15, -0.1) is 0 Å². The topological polar surface area (TPSA) is 102 Å². The van der Waals surface area contributed by atoms with E-state index in [1.807, 2.05) is 0 Å². The van der Waals surface area contributed by atoms with Crippen molar-refractivity contribution >= 4 is 18.0 Å². The third-order valence-electron chi connectivity index (χ3n) is 3.52. The Morgan fingerprint density at radius 1 is 1.53 bits per heavy atom. The highest BCUT2D eigenvalue weighted by Gasteiger charge is 2.37. The van der Waals surface area contributed by atoms with Crippen molar-refractivity contribution < 1.29 is 19.5 Å². The van der Waals surface area contributed by atoms with Crippen molar-refractivity contribution in [2.75, 3.05) is 26.2 Å². The molecular weight excluding hydrogens is 252 g/mol. The second kappa shape index (κ2) is 5.33. The average molecular weight is 270 g/mol. The number of hydrogen-bond acceptors (Lipinski definition) is 3. The number of nitrogens with zero attached hydrogens (tertiary/aromatic N) is 2. The van der Waals surface area contributed by atoms with Gasteiger partial charge in [0.05, 0.1) is 6.04 Å². The summed E-state index contributed by atoms with van der Waals surface area (Å²) in [6.45, 7) is 3.57. The van der Waals surface area contributed by atoms with Crippen LogP contribution in [0.3, 0.4) is 0 Å². The number of carboxylic acids is 1. The molecule has 2 fully saturated rings. The molecule has 2 heterocycles. The Bertz CT molecular complexity index is 400. The molecule has 2 atom stereocenters. The molecule has 2 unspecified atom stereocenters. The van der Waals surface area contributed by atoms with Gasteiger partial charge in [-0.05, 0) is 6.42 Å². The van der Waals surface area contributed by atoms with Crippen molar-refractivity contribution in [3.05, 3.63) is 0 Å². The monoisotopic (exact) mass is 270 g/mol. The van der Waals surface area contributed by atoms with Gasteiger partial charge < -0.3 is 25.5 Å². The first-order chi connectivity index (χ1) is 9.02. The van der Waals surface area contributed by atoms with Gasteiger partial charge in [0, 0.05) is 26.2 Å². The number of rotatable bonds is 3. The van der Waals surface area contributed by atoms with Crippen LogP contribution in [-0.2, 0) is 4.79 Å². The molecular formula is C11H18N4O4. The first kappa shape index (κ1) is 13.4. The van der Waals surface area contributed by atoms with Crippen molar-refractivity contribution in [2.24, 2.45) is 0 Å². The molecule has 0 radical (unpaired) electrons. The molecule has 106 valence electrons. The lowest BCUT2D eigenvalue weighted by Gasteiger charge is -2.36. The lowest BCUT2D eigenvalue weighted by Crippen LogP contribution is -2.57. The highest BCUT2D eigenvalue weighted by Crippen LogP contribution is 2.14. The maximum absolute atomic E-state index is 12.0. The Hall–Kier alpha value is -1.99. The predicted octanol–water partition coefficient (Wildman–Crippen LogP) is -0.731. The maximum Gasteiger partial charge on any atom is 0.326 e. The van der Waals surface area contributed by atoms with Crippen LogP contribution in [0, 0.1) is 0 Å². The lowest BCUT2D eigenvalue weighted by atomic mass is 10.2. The van der Waals surface area contributed by atoms with Gasteiger partial charge in [-0.25, -0.2) is 14.4 Å². The van der Waals surface area contributed by atoms with E-state index < -0.39 is 12.0 Å². The molecule has 19 heavy (non-hydrogen) atoms. The van der Waals surface area contributed by atoms with E-state index in [1.165, 1.54) is 0 Å². The summed E-state index contributed by atoms with van der Waals surface area (Å²) in [4.78, 5) is 37.5. The number of carbonyl (C=O) groups excluding carboxylic acids is 2. The van der Waals surface area contributed by atoms with Gasteiger partial charge in [0.2, 0.25) is 0 Å². The second-order valence-electron chi connectivity index (χ2n) is 4.73. The minimum atomic E-state index is -1.04. The minimum absolute atomic E-state index is 0.0168. The van der Waals surface area contributed by atoms with Gasteiger partial charge in [0.15, 0.2) is 0 Å². The highest BCUT2D eigenvalue weighted by atomic mass is 16.4. The number of amides is 4. The van der Waals surface area contributed by atoms with Crippen molar-refractivity contribution in [3.63, 3.8) is 0 Å². The average Bonchev–Trinajstić information content (AvgIpc) is 2.76. The third-order valence-corrected chi connectivity index (χ3v) is 3.52. The Kier molecular flexibility index (Phi) is 3.77. The summed E-state index contributed by atoms with van der Waals surface area (Å²) in [7, 11) is 0. The summed E-state index contributed by atoms with van der Waals surface area (Å²) in [6.07, 6.45) is 0.338. The number of carboxylic acid groups (broad SMARTS) is 1. The van der Waals surface area contributed by atoms with E-state index >= 15 is 0 Å². The van der Waals surface area contributed by atoms with E-state index in [-0.39, 0.29) is 18.1 Å². The summed E-state index contributed by atoms with van der Waals surface area (Å²) in [5.74, 6) is -1.04. The van der Waals surface area contributed by atoms with Crippen LogP contribution in [0.15, 0.2) is 0 Å². The first-order valence-corrected chi connectivity index (χ1v) is 6.35. The third kappa shape index (κ3) is 2.72. The number of aliphatic carboxylic acids is 1. The summed E-state index contributed by atoms with van der Waals surface area (Å²) in [6, 6.07) is -1.36. The molecule has 8 nitrogen and oxygen atoms in total. The molecule has 8 heteroatoms. The van der Waals surface area contributed by atoms with Crippen LogP contribution in [0.5, 0.6) is 0 Å². The molecule has 0 aromatic carbocycles. The molecule has 0 bridgehead atoms. The van der Waals surface area contributed by atoms with E-state index in [2.05, 4.69) is 10.6 Å². The fourth-order valence-electron chi connectivity index (χ4n) is 2.37. The normalized spacial score (nSPS) is 23.6. The Balaban J connectivity index is 1.91. The molecule has 0 saturated carbocycles. The lowest BCUT2D eigenvalue weighted by molar-refractivity contribution is -0.139. The molecule has 2 saturated heterocycles. The number of urea groups is 2. The summed E-state index contributed by atoms with van der Waals surface area (Å²) < 4.78 is 0. The van der Waals surface area contributed by atoms with E-state index in [0.29, 0.717) is 32.6 Å². The Labute approximate surface area is 110 Å². The van der Waals surface area contributed by atoms with Crippen LogP contribution in [0.4, 0.5) is 9.59 Å². The molecule has 2 aliphatic heterocycles. The van der Waals surface area contributed by atoms with E-state index in [4.69, 9.17) is 5.11 Å². The highest BCUT2D eigenvalue weighted by molar-refractivity contribution is 5.83. The minimum Gasteiger partial charge on any atom is -0.480 e. The zero-order valence-corrected chi connectivity index (χ0v) is 10.8. The second-order valence-corrected chi connectivity index (χ2v) is 4.73. The molecule has 2 rings (SSSR count). The molecule has 2 aliphatic rings. The van der Waals surface area contributed by atoms with Crippen LogP contribution >= 0.6 is 0 Å². The predicted molar refractivity (Wildman–Crippen MR) is 65.7 cm³/mol. The van der Waals surface area contributed by atoms with Crippen molar-refractivity contribution in [1.29, 1.82) is 0 Å².